The molecule has 0 aliphatic rings. The number of pyridine rings is 2. The Hall–Kier alpha value is -2.42. The van der Waals surface area contributed by atoms with Crippen LogP contribution in [-0.2, 0) is 6.54 Å². The maximum atomic E-state index is 4.46. The van der Waals surface area contributed by atoms with Crippen LogP contribution >= 0.6 is 0 Å². The Morgan fingerprint density at radius 3 is 2.84 bits per heavy atom. The number of nitrogens with zero attached hydrogens (tertiary/aromatic N) is 2. The lowest BCUT2D eigenvalue weighted by Crippen LogP contribution is -2.02. The van der Waals surface area contributed by atoms with E-state index in [1.54, 1.807) is 6.20 Å². The van der Waals surface area contributed by atoms with E-state index < -0.39 is 0 Å². The summed E-state index contributed by atoms with van der Waals surface area (Å²) in [7, 11) is 0. The van der Waals surface area contributed by atoms with Gasteiger partial charge in [0.25, 0.3) is 0 Å². The van der Waals surface area contributed by atoms with Crippen molar-refractivity contribution in [2.75, 3.05) is 5.32 Å². The second-order valence-corrected chi connectivity index (χ2v) is 4.54. The fourth-order valence-electron chi connectivity index (χ4n) is 2.17. The van der Waals surface area contributed by atoms with Gasteiger partial charge in [-0.25, -0.2) is 0 Å². The molecule has 1 aromatic carbocycles. The topological polar surface area (TPSA) is 37.8 Å². The quantitative estimate of drug-likeness (QED) is 0.771. The van der Waals surface area contributed by atoms with Gasteiger partial charge >= 0.3 is 0 Å². The molecule has 3 rings (SSSR count). The number of aromatic nitrogens is 2. The van der Waals surface area contributed by atoms with Crippen LogP contribution in [0.15, 0.2) is 55.0 Å². The molecule has 2 aromatic heterocycles. The summed E-state index contributed by atoms with van der Waals surface area (Å²) >= 11 is 0. The SMILES string of the molecule is Cc1cnccc1NCc1cccc2cccnc12. The molecule has 1 N–H and O–H groups in total. The van der Waals surface area contributed by atoms with Gasteiger partial charge in [-0.3, -0.25) is 9.97 Å². The molecule has 0 saturated heterocycles. The molecule has 3 aromatic rings. The molecular formula is C16H15N3. The van der Waals surface area contributed by atoms with E-state index in [9.17, 15) is 0 Å². The first-order valence-corrected chi connectivity index (χ1v) is 6.32. The number of aryl methyl sites for hydroxylation is 1. The Morgan fingerprint density at radius 1 is 1.05 bits per heavy atom. The Morgan fingerprint density at radius 2 is 1.95 bits per heavy atom. The van der Waals surface area contributed by atoms with Crippen LogP contribution in [0.25, 0.3) is 10.9 Å². The Balaban J connectivity index is 1.88. The first kappa shape index (κ1) is 11.7. The monoisotopic (exact) mass is 249 g/mol. The van der Waals surface area contributed by atoms with Crippen LogP contribution in [0.1, 0.15) is 11.1 Å². The van der Waals surface area contributed by atoms with Crippen molar-refractivity contribution in [3.05, 3.63) is 66.1 Å². The number of hydrogen-bond acceptors (Lipinski definition) is 3. The van der Waals surface area contributed by atoms with Crippen LogP contribution in [0.4, 0.5) is 5.69 Å². The zero-order valence-electron chi connectivity index (χ0n) is 10.8. The lowest BCUT2D eigenvalue weighted by Gasteiger charge is -2.10. The number of para-hydroxylation sites is 1. The molecule has 3 heteroatoms. The summed E-state index contributed by atoms with van der Waals surface area (Å²) in [6, 6.07) is 12.3. The molecule has 0 fully saturated rings. The predicted octanol–water partition coefficient (Wildman–Crippen LogP) is 3.55. The maximum Gasteiger partial charge on any atom is 0.0751 e. The summed E-state index contributed by atoms with van der Waals surface area (Å²) in [4.78, 5) is 8.56. The molecule has 0 radical (unpaired) electrons. The van der Waals surface area contributed by atoms with Gasteiger partial charge < -0.3 is 5.32 Å². The standard InChI is InChI=1S/C16H15N3/c1-12-10-17-9-7-15(12)19-11-14-5-2-4-13-6-3-8-18-16(13)14/h2-10H,11H2,1H3,(H,17,19). The van der Waals surface area contributed by atoms with Gasteiger partial charge in [0.2, 0.25) is 0 Å². The molecule has 0 saturated carbocycles. The van der Waals surface area contributed by atoms with E-state index in [-0.39, 0.29) is 0 Å². The normalized spacial score (nSPS) is 10.6. The van der Waals surface area contributed by atoms with Crippen LogP contribution in [0.2, 0.25) is 0 Å². The Bertz CT molecular complexity index is 702. The van der Waals surface area contributed by atoms with Gasteiger partial charge in [-0.1, -0.05) is 24.3 Å². The van der Waals surface area contributed by atoms with Crippen LogP contribution in [0, 0.1) is 6.92 Å². The summed E-state index contributed by atoms with van der Waals surface area (Å²) in [5.74, 6) is 0. The van der Waals surface area contributed by atoms with Gasteiger partial charge in [-0.2, -0.15) is 0 Å². The molecule has 0 spiro atoms. The molecule has 94 valence electrons. The lowest BCUT2D eigenvalue weighted by atomic mass is 10.1. The molecule has 19 heavy (non-hydrogen) atoms. The van der Waals surface area contributed by atoms with Crippen molar-refractivity contribution in [2.45, 2.75) is 13.5 Å². The first-order chi connectivity index (χ1) is 9.34. The minimum absolute atomic E-state index is 0.763. The van der Waals surface area contributed by atoms with E-state index in [0.29, 0.717) is 0 Å². The first-order valence-electron chi connectivity index (χ1n) is 6.32. The van der Waals surface area contributed by atoms with Crippen molar-refractivity contribution in [3.63, 3.8) is 0 Å². The summed E-state index contributed by atoms with van der Waals surface area (Å²) in [5, 5.41) is 4.62. The van der Waals surface area contributed by atoms with E-state index in [0.717, 1.165) is 23.3 Å². The summed E-state index contributed by atoms with van der Waals surface area (Å²) < 4.78 is 0. The number of hydrogen-bond donors (Lipinski definition) is 1. The number of benzene rings is 1. The Kier molecular flexibility index (Phi) is 3.11. The van der Waals surface area contributed by atoms with E-state index in [2.05, 4.69) is 46.5 Å². The molecule has 2 heterocycles. The predicted molar refractivity (Wildman–Crippen MR) is 78.0 cm³/mol. The van der Waals surface area contributed by atoms with Gasteiger partial charge in [-0.15, -0.1) is 0 Å². The third-order valence-corrected chi connectivity index (χ3v) is 3.21. The van der Waals surface area contributed by atoms with E-state index >= 15 is 0 Å². The van der Waals surface area contributed by atoms with E-state index in [1.165, 1.54) is 10.9 Å². The summed E-state index contributed by atoms with van der Waals surface area (Å²) in [5.41, 5.74) is 4.53. The van der Waals surface area contributed by atoms with Crippen molar-refractivity contribution in [1.29, 1.82) is 0 Å². The third-order valence-electron chi connectivity index (χ3n) is 3.21. The largest absolute Gasteiger partial charge is 0.381 e. The van der Waals surface area contributed by atoms with Gasteiger partial charge in [0, 0.05) is 36.2 Å². The van der Waals surface area contributed by atoms with Gasteiger partial charge in [-0.05, 0) is 30.2 Å². The number of rotatable bonds is 3. The highest BCUT2D eigenvalue weighted by Crippen LogP contribution is 2.18. The third kappa shape index (κ3) is 2.40. The smallest absolute Gasteiger partial charge is 0.0751 e. The molecule has 0 unspecified atom stereocenters. The van der Waals surface area contributed by atoms with Crippen molar-refractivity contribution >= 4 is 16.6 Å². The van der Waals surface area contributed by atoms with E-state index in [4.69, 9.17) is 0 Å². The van der Waals surface area contributed by atoms with Crippen LogP contribution in [-0.4, -0.2) is 9.97 Å². The van der Waals surface area contributed by atoms with Gasteiger partial charge in [0.1, 0.15) is 0 Å². The van der Waals surface area contributed by atoms with Crippen LogP contribution in [0.3, 0.4) is 0 Å². The average molecular weight is 249 g/mol. The van der Waals surface area contributed by atoms with Crippen molar-refractivity contribution in [3.8, 4) is 0 Å². The van der Waals surface area contributed by atoms with Crippen molar-refractivity contribution < 1.29 is 0 Å². The minimum Gasteiger partial charge on any atom is -0.381 e. The van der Waals surface area contributed by atoms with Crippen LogP contribution < -0.4 is 5.32 Å². The van der Waals surface area contributed by atoms with E-state index in [1.807, 2.05) is 24.5 Å². The maximum absolute atomic E-state index is 4.46. The highest BCUT2D eigenvalue weighted by molar-refractivity contribution is 5.81. The van der Waals surface area contributed by atoms with Crippen molar-refractivity contribution in [2.24, 2.45) is 0 Å². The molecule has 3 nitrogen and oxygen atoms in total. The molecule has 0 amide bonds. The number of fused-ring (bicyclic) bond motifs is 1. The molecule has 0 aliphatic heterocycles. The summed E-state index contributed by atoms with van der Waals surface area (Å²) in [6.45, 7) is 2.82. The van der Waals surface area contributed by atoms with Gasteiger partial charge in [0.15, 0.2) is 0 Å². The van der Waals surface area contributed by atoms with Gasteiger partial charge in [0.05, 0.1) is 5.52 Å². The van der Waals surface area contributed by atoms with Crippen LogP contribution in [0.5, 0.6) is 0 Å². The number of nitrogens with one attached hydrogen (secondary N) is 1. The average Bonchev–Trinajstić information content (AvgIpc) is 2.46. The highest BCUT2D eigenvalue weighted by Gasteiger charge is 2.02. The zero-order chi connectivity index (χ0) is 13.1. The van der Waals surface area contributed by atoms with Crippen molar-refractivity contribution in [1.82, 2.24) is 9.97 Å². The zero-order valence-corrected chi connectivity index (χ0v) is 10.8. The fraction of sp³-hybridized carbons (Fsp3) is 0.125. The lowest BCUT2D eigenvalue weighted by molar-refractivity contribution is 1.13. The summed E-state index contributed by atoms with van der Waals surface area (Å²) in [6.07, 6.45) is 5.50. The molecular weight excluding hydrogens is 234 g/mol. The second-order valence-electron chi connectivity index (χ2n) is 4.54. The molecule has 0 aliphatic carbocycles. The highest BCUT2D eigenvalue weighted by atomic mass is 14.9. The molecule has 0 atom stereocenters. The number of anilines is 1. The fourth-order valence-corrected chi connectivity index (χ4v) is 2.17. The second kappa shape index (κ2) is 5.06. The Labute approximate surface area is 112 Å². The molecule has 0 bridgehead atoms. The minimum atomic E-state index is 0.763.